The summed E-state index contributed by atoms with van der Waals surface area (Å²) in [6.07, 6.45) is -1.26. The van der Waals surface area contributed by atoms with Crippen molar-refractivity contribution >= 4 is 33.7 Å². The number of nitrogens with zero attached hydrogens (tertiary/aromatic N) is 2. The molecule has 0 aromatic carbocycles. The summed E-state index contributed by atoms with van der Waals surface area (Å²) in [6, 6.07) is 0. The Morgan fingerprint density at radius 2 is 2.06 bits per heavy atom. The number of aromatic carboxylic acids is 1. The van der Waals surface area contributed by atoms with E-state index in [-0.39, 0.29) is 0 Å². The summed E-state index contributed by atoms with van der Waals surface area (Å²) < 4.78 is 29.9. The van der Waals surface area contributed by atoms with Crippen LogP contribution in [0.5, 0.6) is 0 Å². The van der Waals surface area contributed by atoms with E-state index in [4.69, 9.17) is 16.7 Å². The lowest BCUT2D eigenvalue weighted by Gasteiger charge is -2.06. The first-order valence-corrected chi connectivity index (χ1v) is 6.13. The van der Waals surface area contributed by atoms with Crippen LogP contribution in [-0.2, 0) is 21.8 Å². The molecule has 0 fully saturated rings. The second-order valence-corrected chi connectivity index (χ2v) is 4.95. The van der Waals surface area contributed by atoms with Gasteiger partial charge in [-0.2, -0.15) is 13.5 Å². The van der Waals surface area contributed by atoms with Crippen molar-refractivity contribution in [3.63, 3.8) is 0 Å². The van der Waals surface area contributed by atoms with Gasteiger partial charge in [0.2, 0.25) is 0 Å². The number of carboxylic acids is 1. The predicted octanol–water partition coefficient (Wildman–Crippen LogP) is -0.184. The van der Waals surface area contributed by atoms with Crippen LogP contribution in [-0.4, -0.2) is 42.5 Å². The third-order valence-electron chi connectivity index (χ3n) is 1.82. The van der Waals surface area contributed by atoms with Crippen LogP contribution in [0.4, 0.5) is 4.79 Å². The quantitative estimate of drug-likeness (QED) is 0.791. The van der Waals surface area contributed by atoms with E-state index < -0.39 is 37.8 Å². The molecule has 0 aliphatic heterocycles. The number of aryl methyl sites for hydroxylation is 1. The average molecular weight is 298 g/mol. The van der Waals surface area contributed by atoms with Crippen LogP contribution in [0.3, 0.4) is 0 Å². The highest BCUT2D eigenvalue weighted by Gasteiger charge is 2.32. The molecule has 2 N–H and O–H groups in total. The van der Waals surface area contributed by atoms with Gasteiger partial charge < -0.3 is 9.84 Å². The second-order valence-electron chi connectivity index (χ2n) is 3.00. The lowest BCUT2D eigenvalue weighted by atomic mass is 10.4. The molecule has 0 bridgehead atoms. The highest BCUT2D eigenvalue weighted by Crippen LogP contribution is 2.22. The molecule has 0 spiro atoms. The number of hydrogen-bond acceptors (Lipinski definition) is 6. The first-order chi connectivity index (χ1) is 8.20. The van der Waals surface area contributed by atoms with Gasteiger partial charge in [-0.25, -0.2) is 14.3 Å². The third kappa shape index (κ3) is 2.54. The molecule has 100 valence electrons. The van der Waals surface area contributed by atoms with Crippen molar-refractivity contribution in [3.8, 4) is 0 Å². The lowest BCUT2D eigenvalue weighted by molar-refractivity contribution is 0.0692. The molecule has 0 saturated heterocycles. The van der Waals surface area contributed by atoms with Crippen molar-refractivity contribution < 1.29 is 27.9 Å². The van der Waals surface area contributed by atoms with Gasteiger partial charge in [-0.05, 0) is 0 Å². The fourth-order valence-electron chi connectivity index (χ4n) is 1.16. The number of carbonyl (C=O) groups is 2. The van der Waals surface area contributed by atoms with E-state index in [9.17, 15) is 18.0 Å². The molecule has 1 aromatic heterocycles. The molecule has 1 rings (SSSR count). The SMILES string of the molecule is COC(=O)NS(=O)(=O)c1c(C(=O)O)c(Cl)nn1C. The summed E-state index contributed by atoms with van der Waals surface area (Å²) in [6.45, 7) is 0. The van der Waals surface area contributed by atoms with E-state index in [1.165, 1.54) is 11.8 Å². The molecule has 1 heterocycles. The lowest BCUT2D eigenvalue weighted by Crippen LogP contribution is -2.32. The molecule has 18 heavy (non-hydrogen) atoms. The number of aromatic nitrogens is 2. The number of ether oxygens (including phenoxy) is 1. The minimum absolute atomic E-state index is 0.504. The van der Waals surface area contributed by atoms with Gasteiger partial charge in [-0.1, -0.05) is 11.6 Å². The molecule has 11 heteroatoms. The Balaban J connectivity index is 3.41. The van der Waals surface area contributed by atoms with Crippen LogP contribution in [0.2, 0.25) is 5.15 Å². The number of halogens is 1. The van der Waals surface area contributed by atoms with E-state index >= 15 is 0 Å². The van der Waals surface area contributed by atoms with Crippen molar-refractivity contribution in [2.45, 2.75) is 5.03 Å². The van der Waals surface area contributed by atoms with Crippen molar-refractivity contribution in [2.75, 3.05) is 7.11 Å². The van der Waals surface area contributed by atoms with Crippen LogP contribution in [0.1, 0.15) is 10.4 Å². The van der Waals surface area contributed by atoms with Crippen LogP contribution >= 0.6 is 11.6 Å². The molecule has 0 aliphatic rings. The Morgan fingerprint density at radius 1 is 1.50 bits per heavy atom. The molecule has 0 aliphatic carbocycles. The zero-order valence-corrected chi connectivity index (χ0v) is 10.7. The first-order valence-electron chi connectivity index (χ1n) is 4.27. The molecule has 0 atom stereocenters. The zero-order valence-electron chi connectivity index (χ0n) is 9.17. The Morgan fingerprint density at radius 3 is 2.50 bits per heavy atom. The highest BCUT2D eigenvalue weighted by atomic mass is 35.5. The van der Waals surface area contributed by atoms with Crippen molar-refractivity contribution in [2.24, 2.45) is 7.05 Å². The van der Waals surface area contributed by atoms with Crippen molar-refractivity contribution in [1.29, 1.82) is 0 Å². The molecule has 0 radical (unpaired) electrons. The Kier molecular flexibility index (Phi) is 3.82. The largest absolute Gasteiger partial charge is 0.477 e. The zero-order chi connectivity index (χ0) is 14.1. The van der Waals surface area contributed by atoms with Crippen LogP contribution in [0.15, 0.2) is 5.03 Å². The number of methoxy groups -OCH3 is 1. The van der Waals surface area contributed by atoms with E-state index in [1.807, 2.05) is 0 Å². The number of rotatable bonds is 3. The van der Waals surface area contributed by atoms with Gasteiger partial charge in [-0.15, -0.1) is 0 Å². The van der Waals surface area contributed by atoms with Gasteiger partial charge in [0.25, 0.3) is 10.0 Å². The van der Waals surface area contributed by atoms with Crippen LogP contribution in [0, 0.1) is 0 Å². The summed E-state index contributed by atoms with van der Waals surface area (Å²) >= 11 is 5.50. The number of carbonyl (C=O) groups excluding carboxylic acids is 1. The Hall–Kier alpha value is -1.81. The van der Waals surface area contributed by atoms with Crippen LogP contribution < -0.4 is 4.72 Å². The molecule has 1 amide bonds. The Bertz CT molecular complexity index is 607. The number of nitrogens with one attached hydrogen (secondary N) is 1. The topological polar surface area (TPSA) is 128 Å². The maximum atomic E-state index is 11.8. The van der Waals surface area contributed by atoms with Crippen molar-refractivity contribution in [1.82, 2.24) is 14.5 Å². The first kappa shape index (κ1) is 14.3. The second kappa shape index (κ2) is 4.82. The molecular formula is C7H8ClN3O6S. The van der Waals surface area contributed by atoms with Gasteiger partial charge >= 0.3 is 12.1 Å². The predicted molar refractivity (Wildman–Crippen MR) is 57.9 cm³/mol. The monoisotopic (exact) mass is 297 g/mol. The summed E-state index contributed by atoms with van der Waals surface area (Å²) in [5.41, 5.74) is -0.726. The number of amides is 1. The third-order valence-corrected chi connectivity index (χ3v) is 3.50. The van der Waals surface area contributed by atoms with E-state index in [2.05, 4.69) is 9.84 Å². The van der Waals surface area contributed by atoms with Gasteiger partial charge in [0.1, 0.15) is 5.56 Å². The minimum atomic E-state index is -4.45. The summed E-state index contributed by atoms with van der Waals surface area (Å²) in [4.78, 5) is 21.8. The van der Waals surface area contributed by atoms with E-state index in [1.54, 1.807) is 0 Å². The average Bonchev–Trinajstić information content (AvgIpc) is 2.53. The van der Waals surface area contributed by atoms with Gasteiger partial charge in [-0.3, -0.25) is 4.68 Å². The summed E-state index contributed by atoms with van der Waals surface area (Å²) in [5, 5.41) is 11.1. The molecular weight excluding hydrogens is 290 g/mol. The fraction of sp³-hybridized carbons (Fsp3) is 0.286. The molecule has 1 aromatic rings. The van der Waals surface area contributed by atoms with Gasteiger partial charge in [0.05, 0.1) is 7.11 Å². The van der Waals surface area contributed by atoms with Gasteiger partial charge in [0, 0.05) is 7.05 Å². The highest BCUT2D eigenvalue weighted by molar-refractivity contribution is 7.90. The number of carboxylic acid groups (broad SMARTS) is 1. The maximum Gasteiger partial charge on any atom is 0.420 e. The number of sulfonamides is 1. The Labute approximate surface area is 106 Å². The molecule has 0 saturated carbocycles. The summed E-state index contributed by atoms with van der Waals surface area (Å²) in [7, 11) is -2.32. The van der Waals surface area contributed by atoms with Crippen molar-refractivity contribution in [3.05, 3.63) is 10.7 Å². The number of hydrogen-bond donors (Lipinski definition) is 2. The summed E-state index contributed by atoms with van der Waals surface area (Å²) in [5.74, 6) is -1.58. The maximum absolute atomic E-state index is 11.8. The fourth-order valence-corrected chi connectivity index (χ4v) is 2.75. The standard InChI is InChI=1S/C7H8ClN3O6S/c1-11-5(3(6(12)13)4(8)9-11)18(15,16)10-7(14)17-2/h1-2H3,(H,10,14)(H,12,13). The smallest absolute Gasteiger partial charge is 0.420 e. The van der Waals surface area contributed by atoms with Gasteiger partial charge in [0.15, 0.2) is 10.2 Å². The van der Waals surface area contributed by atoms with E-state index in [0.717, 1.165) is 11.8 Å². The molecule has 0 unspecified atom stereocenters. The molecule has 9 nitrogen and oxygen atoms in total. The minimum Gasteiger partial charge on any atom is -0.477 e. The van der Waals surface area contributed by atoms with Crippen LogP contribution in [0.25, 0.3) is 0 Å². The van der Waals surface area contributed by atoms with E-state index in [0.29, 0.717) is 0 Å². The normalized spacial score (nSPS) is 11.1.